The minimum atomic E-state index is -0.504. The van der Waals surface area contributed by atoms with Gasteiger partial charge in [-0.1, -0.05) is 24.0 Å². The van der Waals surface area contributed by atoms with Gasteiger partial charge in [-0.05, 0) is 38.5 Å². The maximum atomic E-state index is 11.4. The van der Waals surface area contributed by atoms with E-state index < -0.39 is 11.7 Å². The van der Waals surface area contributed by atoms with Crippen LogP contribution in [-0.4, -0.2) is 31.3 Å². The monoisotopic (exact) mass is 317 g/mol. The number of amides is 1. The van der Waals surface area contributed by atoms with Crippen LogP contribution in [0.3, 0.4) is 0 Å². The molecule has 23 heavy (non-hydrogen) atoms. The first-order valence-electron chi connectivity index (χ1n) is 7.41. The summed E-state index contributed by atoms with van der Waals surface area (Å²) in [6.45, 7) is 5.86. The van der Waals surface area contributed by atoms with Gasteiger partial charge in [0.15, 0.2) is 0 Å². The fourth-order valence-electron chi connectivity index (χ4n) is 1.70. The number of rotatable bonds is 4. The molecule has 0 aliphatic carbocycles. The summed E-state index contributed by atoms with van der Waals surface area (Å²) in [6.07, 6.45) is 0.298. The van der Waals surface area contributed by atoms with Gasteiger partial charge in [-0.25, -0.2) is 4.79 Å². The minimum absolute atomic E-state index is 0.228. The standard InChI is InChI=1S/C18H23NO4/c1-18(2,3)23-17(21)19-11-6-5-8-14-9-7-10-15(12-14)13-16(20)22-4/h7,9-10,12H,6,11,13H2,1-4H3,(H,19,21). The molecule has 0 fully saturated rings. The molecule has 0 aliphatic heterocycles. The van der Waals surface area contributed by atoms with Gasteiger partial charge in [-0.3, -0.25) is 4.79 Å². The normalized spacial score (nSPS) is 10.3. The van der Waals surface area contributed by atoms with E-state index >= 15 is 0 Å². The highest BCUT2D eigenvalue weighted by atomic mass is 16.6. The smallest absolute Gasteiger partial charge is 0.407 e. The third kappa shape index (κ3) is 8.52. The van der Waals surface area contributed by atoms with Gasteiger partial charge >= 0.3 is 12.1 Å². The lowest BCUT2D eigenvalue weighted by atomic mass is 10.1. The quantitative estimate of drug-likeness (QED) is 0.527. The number of benzene rings is 1. The Morgan fingerprint density at radius 2 is 2.00 bits per heavy atom. The average molecular weight is 317 g/mol. The zero-order valence-corrected chi connectivity index (χ0v) is 14.1. The van der Waals surface area contributed by atoms with Gasteiger partial charge in [-0.15, -0.1) is 0 Å². The van der Waals surface area contributed by atoms with Gasteiger partial charge in [-0.2, -0.15) is 0 Å². The molecular weight excluding hydrogens is 294 g/mol. The SMILES string of the molecule is COC(=O)Cc1cccc(C#CCCNC(=O)OC(C)(C)C)c1. The summed E-state index contributed by atoms with van der Waals surface area (Å²) in [5.74, 6) is 5.70. The Balaban J connectivity index is 2.43. The largest absolute Gasteiger partial charge is 0.469 e. The van der Waals surface area contributed by atoms with Crippen LogP contribution >= 0.6 is 0 Å². The van der Waals surface area contributed by atoms with Crippen molar-refractivity contribution >= 4 is 12.1 Å². The van der Waals surface area contributed by atoms with Crippen LogP contribution in [-0.2, 0) is 20.7 Å². The van der Waals surface area contributed by atoms with E-state index in [1.807, 2.05) is 45.0 Å². The van der Waals surface area contributed by atoms with E-state index in [0.717, 1.165) is 11.1 Å². The fourth-order valence-corrected chi connectivity index (χ4v) is 1.70. The summed E-state index contributed by atoms with van der Waals surface area (Å²) in [4.78, 5) is 22.7. The van der Waals surface area contributed by atoms with E-state index in [0.29, 0.717) is 13.0 Å². The summed E-state index contributed by atoms with van der Waals surface area (Å²) in [6, 6.07) is 7.42. The van der Waals surface area contributed by atoms with Crippen LogP contribution in [0, 0.1) is 11.8 Å². The summed E-state index contributed by atoms with van der Waals surface area (Å²) in [5, 5.41) is 2.65. The molecule has 5 nitrogen and oxygen atoms in total. The van der Waals surface area contributed by atoms with Gasteiger partial charge < -0.3 is 14.8 Å². The first-order valence-corrected chi connectivity index (χ1v) is 7.41. The number of carbonyl (C=O) groups excluding carboxylic acids is 2. The fraction of sp³-hybridized carbons (Fsp3) is 0.444. The van der Waals surface area contributed by atoms with Crippen molar-refractivity contribution in [1.29, 1.82) is 0 Å². The summed E-state index contributed by atoms with van der Waals surface area (Å²) >= 11 is 0. The predicted molar refractivity (Wildman–Crippen MR) is 87.9 cm³/mol. The highest BCUT2D eigenvalue weighted by Gasteiger charge is 2.15. The van der Waals surface area contributed by atoms with Crippen molar-refractivity contribution in [3.8, 4) is 11.8 Å². The van der Waals surface area contributed by atoms with Crippen molar-refractivity contribution < 1.29 is 19.1 Å². The van der Waals surface area contributed by atoms with Crippen LogP contribution < -0.4 is 5.32 Å². The molecular formula is C18H23NO4. The van der Waals surface area contributed by atoms with E-state index in [-0.39, 0.29) is 12.4 Å². The lowest BCUT2D eigenvalue weighted by Crippen LogP contribution is -2.32. The Morgan fingerprint density at radius 3 is 2.65 bits per heavy atom. The zero-order chi connectivity index (χ0) is 17.3. The lowest BCUT2D eigenvalue weighted by Gasteiger charge is -2.19. The highest BCUT2D eigenvalue weighted by molar-refractivity contribution is 5.72. The van der Waals surface area contributed by atoms with Crippen molar-refractivity contribution in [2.75, 3.05) is 13.7 Å². The number of alkyl carbamates (subject to hydrolysis) is 1. The van der Waals surface area contributed by atoms with Gasteiger partial charge in [0.2, 0.25) is 0 Å². The van der Waals surface area contributed by atoms with Crippen LogP contribution in [0.4, 0.5) is 4.79 Å². The van der Waals surface area contributed by atoms with Gasteiger partial charge in [0.25, 0.3) is 0 Å². The third-order valence-corrected chi connectivity index (χ3v) is 2.65. The molecule has 0 bridgehead atoms. The maximum absolute atomic E-state index is 11.4. The molecule has 0 unspecified atom stereocenters. The van der Waals surface area contributed by atoms with Gasteiger partial charge in [0, 0.05) is 18.5 Å². The Hall–Kier alpha value is -2.48. The molecule has 124 valence electrons. The molecule has 5 heteroatoms. The number of methoxy groups -OCH3 is 1. The topological polar surface area (TPSA) is 64.6 Å². The molecule has 1 rings (SSSR count). The van der Waals surface area contributed by atoms with Crippen LogP contribution in [0.1, 0.15) is 38.3 Å². The molecule has 1 N–H and O–H groups in total. The zero-order valence-electron chi connectivity index (χ0n) is 14.1. The molecule has 1 amide bonds. The second kappa shape index (κ2) is 8.84. The molecule has 1 aromatic carbocycles. The molecule has 0 saturated carbocycles. The highest BCUT2D eigenvalue weighted by Crippen LogP contribution is 2.07. The van der Waals surface area contributed by atoms with Crippen LogP contribution in [0.15, 0.2) is 24.3 Å². The first kappa shape index (κ1) is 18.6. The number of hydrogen-bond donors (Lipinski definition) is 1. The van der Waals surface area contributed by atoms with Crippen molar-refractivity contribution in [1.82, 2.24) is 5.32 Å². The Morgan fingerprint density at radius 1 is 1.26 bits per heavy atom. The van der Waals surface area contributed by atoms with Gasteiger partial charge in [0.05, 0.1) is 13.5 Å². The molecule has 0 heterocycles. The Bertz CT molecular complexity index is 605. The lowest BCUT2D eigenvalue weighted by molar-refractivity contribution is -0.139. The Kier molecular flexibility index (Phi) is 7.14. The molecule has 1 aromatic rings. The maximum Gasteiger partial charge on any atom is 0.407 e. The number of esters is 1. The van der Waals surface area contributed by atoms with Crippen molar-refractivity contribution in [2.24, 2.45) is 0 Å². The second-order valence-corrected chi connectivity index (χ2v) is 5.93. The number of nitrogens with one attached hydrogen (secondary N) is 1. The van der Waals surface area contributed by atoms with Gasteiger partial charge in [0.1, 0.15) is 5.60 Å². The predicted octanol–water partition coefficient (Wildman–Crippen LogP) is 2.67. The minimum Gasteiger partial charge on any atom is -0.469 e. The second-order valence-electron chi connectivity index (χ2n) is 5.93. The summed E-state index contributed by atoms with van der Waals surface area (Å²) in [5.41, 5.74) is 1.18. The van der Waals surface area contributed by atoms with E-state index in [2.05, 4.69) is 21.9 Å². The summed E-state index contributed by atoms with van der Waals surface area (Å²) in [7, 11) is 1.36. The number of ether oxygens (including phenoxy) is 2. The molecule has 0 aliphatic rings. The van der Waals surface area contributed by atoms with Crippen LogP contribution in [0.25, 0.3) is 0 Å². The summed E-state index contributed by atoms with van der Waals surface area (Å²) < 4.78 is 9.76. The van der Waals surface area contributed by atoms with E-state index in [1.165, 1.54) is 7.11 Å². The molecule has 0 saturated heterocycles. The van der Waals surface area contributed by atoms with Crippen molar-refractivity contribution in [3.05, 3.63) is 35.4 Å². The van der Waals surface area contributed by atoms with E-state index in [9.17, 15) is 9.59 Å². The third-order valence-electron chi connectivity index (χ3n) is 2.65. The first-order chi connectivity index (χ1) is 10.8. The van der Waals surface area contributed by atoms with E-state index in [1.54, 1.807) is 0 Å². The van der Waals surface area contributed by atoms with Crippen molar-refractivity contribution in [3.63, 3.8) is 0 Å². The van der Waals surface area contributed by atoms with Crippen LogP contribution in [0.5, 0.6) is 0 Å². The Labute approximate surface area is 137 Å². The number of hydrogen-bond acceptors (Lipinski definition) is 4. The molecule has 0 radical (unpaired) electrons. The molecule has 0 atom stereocenters. The van der Waals surface area contributed by atoms with Crippen LogP contribution in [0.2, 0.25) is 0 Å². The average Bonchev–Trinajstić information content (AvgIpc) is 2.45. The van der Waals surface area contributed by atoms with E-state index in [4.69, 9.17) is 4.74 Å². The number of carbonyl (C=O) groups is 2. The molecule has 0 aromatic heterocycles. The van der Waals surface area contributed by atoms with Crippen molar-refractivity contribution in [2.45, 2.75) is 39.2 Å². The molecule has 0 spiro atoms.